The maximum Gasteiger partial charge on any atom is 0.416 e. The van der Waals surface area contributed by atoms with Crippen LogP contribution in [0.1, 0.15) is 11.1 Å². The van der Waals surface area contributed by atoms with Gasteiger partial charge >= 0.3 is 12.4 Å². The summed E-state index contributed by atoms with van der Waals surface area (Å²) >= 11 is 0. The predicted octanol–water partition coefficient (Wildman–Crippen LogP) is 12.1. The fourth-order valence-electron chi connectivity index (χ4n) is 5.67. The molecular formula is C39H23F6N. The Kier molecular flexibility index (Phi) is 7.12. The number of rotatable bonds is 4. The second-order valence-corrected chi connectivity index (χ2v) is 11.1. The van der Waals surface area contributed by atoms with Crippen LogP contribution in [0.2, 0.25) is 0 Å². The first-order chi connectivity index (χ1) is 22.0. The summed E-state index contributed by atoms with van der Waals surface area (Å²) in [5, 5.41) is 3.11. The highest BCUT2D eigenvalue weighted by molar-refractivity contribution is 5.91. The van der Waals surface area contributed by atoms with Crippen LogP contribution in [-0.4, -0.2) is 4.98 Å². The van der Waals surface area contributed by atoms with E-state index in [-0.39, 0.29) is 17.2 Å². The molecule has 7 rings (SSSR count). The summed E-state index contributed by atoms with van der Waals surface area (Å²) in [6.45, 7) is 0. The number of hydrogen-bond donors (Lipinski definition) is 0. The van der Waals surface area contributed by atoms with Crippen molar-refractivity contribution in [2.24, 2.45) is 0 Å². The molecule has 46 heavy (non-hydrogen) atoms. The third-order valence-corrected chi connectivity index (χ3v) is 8.12. The summed E-state index contributed by atoms with van der Waals surface area (Å²) in [7, 11) is 0. The number of pyridine rings is 1. The molecule has 0 radical (unpaired) electrons. The molecule has 0 aliphatic rings. The number of para-hydroxylation sites is 1. The lowest BCUT2D eigenvalue weighted by atomic mass is 9.95. The van der Waals surface area contributed by atoms with Crippen LogP contribution in [0.3, 0.4) is 0 Å². The van der Waals surface area contributed by atoms with Crippen molar-refractivity contribution in [3.8, 4) is 44.5 Å². The second kappa shape index (κ2) is 11.2. The van der Waals surface area contributed by atoms with Gasteiger partial charge in [-0.2, -0.15) is 26.3 Å². The fraction of sp³-hybridized carbons (Fsp3) is 0.0513. The third-order valence-electron chi connectivity index (χ3n) is 8.12. The van der Waals surface area contributed by atoms with Crippen molar-refractivity contribution in [1.82, 2.24) is 4.98 Å². The monoisotopic (exact) mass is 619 g/mol. The van der Waals surface area contributed by atoms with Crippen LogP contribution in [0.25, 0.3) is 66.2 Å². The molecule has 1 heterocycles. The lowest BCUT2D eigenvalue weighted by Gasteiger charge is -2.14. The van der Waals surface area contributed by atoms with Crippen LogP contribution < -0.4 is 0 Å². The van der Waals surface area contributed by atoms with E-state index < -0.39 is 23.5 Å². The van der Waals surface area contributed by atoms with Crippen LogP contribution in [-0.2, 0) is 12.4 Å². The molecule has 1 aromatic heterocycles. The molecule has 226 valence electrons. The standard InChI is InChI=1S/C39H23F6N/c40-38(41,42)35-20-33(21-36(22-35)39(43,44)45)27-9-5-24(6-10-27)29-15-13-26-14-16-30(18-32(26)17-29)25-7-11-28(12-8-25)34-19-31-3-1-2-4-37(31)46-23-34/h1-23H. The predicted molar refractivity (Wildman–Crippen MR) is 171 cm³/mol. The zero-order valence-corrected chi connectivity index (χ0v) is 24.0. The maximum absolute atomic E-state index is 13.4. The molecule has 0 amide bonds. The number of hydrogen-bond acceptors (Lipinski definition) is 1. The van der Waals surface area contributed by atoms with Gasteiger partial charge in [0.05, 0.1) is 16.6 Å². The Bertz CT molecular complexity index is 2180. The highest BCUT2D eigenvalue weighted by Crippen LogP contribution is 2.39. The molecule has 0 aliphatic carbocycles. The lowest BCUT2D eigenvalue weighted by molar-refractivity contribution is -0.143. The molecule has 0 bridgehead atoms. The molecule has 0 saturated heterocycles. The first-order valence-corrected chi connectivity index (χ1v) is 14.4. The normalized spacial score (nSPS) is 12.1. The second-order valence-electron chi connectivity index (χ2n) is 11.1. The molecular weight excluding hydrogens is 596 g/mol. The highest BCUT2D eigenvalue weighted by Gasteiger charge is 2.37. The van der Waals surface area contributed by atoms with Gasteiger partial charge in [-0.05, 0) is 92.2 Å². The zero-order valence-electron chi connectivity index (χ0n) is 24.0. The molecule has 1 nitrogen and oxygen atoms in total. The average Bonchev–Trinajstić information content (AvgIpc) is 3.07. The van der Waals surface area contributed by atoms with Crippen molar-refractivity contribution in [3.63, 3.8) is 0 Å². The number of fused-ring (bicyclic) bond motifs is 2. The molecule has 0 spiro atoms. The van der Waals surface area contributed by atoms with Gasteiger partial charge in [0.1, 0.15) is 0 Å². The van der Waals surface area contributed by atoms with E-state index in [2.05, 4.69) is 47.4 Å². The van der Waals surface area contributed by atoms with E-state index in [0.29, 0.717) is 0 Å². The van der Waals surface area contributed by atoms with Gasteiger partial charge in [-0.15, -0.1) is 0 Å². The largest absolute Gasteiger partial charge is 0.416 e. The Morgan fingerprint density at radius 3 is 1.30 bits per heavy atom. The van der Waals surface area contributed by atoms with Gasteiger partial charge in [0, 0.05) is 17.1 Å². The minimum atomic E-state index is -4.91. The number of benzene rings is 6. The SMILES string of the molecule is FC(F)(F)c1cc(-c2ccc(-c3ccc4ccc(-c5ccc(-c6cnc7ccccc7c6)cc5)cc4c3)cc2)cc(C(F)(F)F)c1. The lowest BCUT2D eigenvalue weighted by Crippen LogP contribution is -2.11. The van der Waals surface area contributed by atoms with Gasteiger partial charge < -0.3 is 0 Å². The molecule has 7 heteroatoms. The van der Waals surface area contributed by atoms with Gasteiger partial charge in [-0.25, -0.2) is 0 Å². The Morgan fingerprint density at radius 1 is 0.348 bits per heavy atom. The van der Waals surface area contributed by atoms with Crippen LogP contribution in [0, 0.1) is 0 Å². The van der Waals surface area contributed by atoms with Crippen LogP contribution >= 0.6 is 0 Å². The average molecular weight is 620 g/mol. The first kappa shape index (κ1) is 29.3. The maximum atomic E-state index is 13.4. The topological polar surface area (TPSA) is 12.9 Å². The van der Waals surface area contributed by atoms with Crippen molar-refractivity contribution >= 4 is 21.7 Å². The minimum Gasteiger partial charge on any atom is -0.256 e. The molecule has 0 saturated carbocycles. The van der Waals surface area contributed by atoms with Crippen LogP contribution in [0.5, 0.6) is 0 Å². The summed E-state index contributed by atoms with van der Waals surface area (Å²) in [6.07, 6.45) is -7.94. The Labute approximate surface area is 260 Å². The van der Waals surface area contributed by atoms with Gasteiger partial charge in [0.25, 0.3) is 0 Å². The molecule has 6 aromatic carbocycles. The Hall–Kier alpha value is -5.43. The van der Waals surface area contributed by atoms with Crippen molar-refractivity contribution in [1.29, 1.82) is 0 Å². The zero-order chi connectivity index (χ0) is 32.1. The van der Waals surface area contributed by atoms with Crippen molar-refractivity contribution in [2.45, 2.75) is 12.4 Å². The molecule has 0 atom stereocenters. The van der Waals surface area contributed by atoms with Gasteiger partial charge in [0.2, 0.25) is 0 Å². The summed E-state index contributed by atoms with van der Waals surface area (Å²) in [5.41, 5.74) is 4.21. The number of nitrogens with zero attached hydrogens (tertiary/aromatic N) is 1. The van der Waals surface area contributed by atoms with E-state index in [9.17, 15) is 26.3 Å². The van der Waals surface area contributed by atoms with Crippen molar-refractivity contribution in [2.75, 3.05) is 0 Å². The highest BCUT2D eigenvalue weighted by atomic mass is 19.4. The summed E-state index contributed by atoms with van der Waals surface area (Å²) in [4.78, 5) is 4.57. The van der Waals surface area contributed by atoms with E-state index >= 15 is 0 Å². The summed E-state index contributed by atoms with van der Waals surface area (Å²) in [5.74, 6) is 0. The van der Waals surface area contributed by atoms with Gasteiger partial charge in [0.15, 0.2) is 0 Å². The first-order valence-electron chi connectivity index (χ1n) is 14.4. The molecule has 0 N–H and O–H groups in total. The smallest absolute Gasteiger partial charge is 0.256 e. The van der Waals surface area contributed by atoms with Crippen molar-refractivity contribution < 1.29 is 26.3 Å². The van der Waals surface area contributed by atoms with E-state index in [1.54, 1.807) is 12.1 Å². The summed E-state index contributed by atoms with van der Waals surface area (Å²) < 4.78 is 80.2. The third kappa shape index (κ3) is 5.84. The van der Waals surface area contributed by atoms with Crippen molar-refractivity contribution in [3.05, 3.63) is 151 Å². The Balaban J connectivity index is 1.17. The number of halogens is 6. The van der Waals surface area contributed by atoms with E-state index in [1.165, 1.54) is 12.1 Å². The molecule has 0 unspecified atom stereocenters. The van der Waals surface area contributed by atoms with Gasteiger partial charge in [-0.3, -0.25) is 4.98 Å². The molecule has 7 aromatic rings. The van der Waals surface area contributed by atoms with E-state index in [1.807, 2.05) is 54.7 Å². The quantitative estimate of drug-likeness (QED) is 0.179. The summed E-state index contributed by atoms with van der Waals surface area (Å²) in [6, 6.07) is 38.7. The Morgan fingerprint density at radius 2 is 0.783 bits per heavy atom. The van der Waals surface area contributed by atoms with E-state index in [4.69, 9.17) is 0 Å². The molecule has 0 fully saturated rings. The molecule has 0 aliphatic heterocycles. The van der Waals surface area contributed by atoms with Crippen LogP contribution in [0.4, 0.5) is 26.3 Å². The number of aromatic nitrogens is 1. The fourth-order valence-corrected chi connectivity index (χ4v) is 5.67. The van der Waals surface area contributed by atoms with E-state index in [0.717, 1.165) is 67.2 Å². The van der Waals surface area contributed by atoms with Gasteiger partial charge in [-0.1, -0.05) is 91.0 Å². The number of alkyl halides is 6. The minimum absolute atomic E-state index is 0.137. The van der Waals surface area contributed by atoms with Crippen LogP contribution in [0.15, 0.2) is 140 Å².